The van der Waals surface area contributed by atoms with Crippen molar-refractivity contribution in [2.24, 2.45) is 0 Å². The average molecular weight is 419 g/mol. The fourth-order valence-corrected chi connectivity index (χ4v) is 3.25. The molecule has 4 rings (SSSR count). The van der Waals surface area contributed by atoms with Crippen LogP contribution >= 0.6 is 0 Å². The lowest BCUT2D eigenvalue weighted by Crippen LogP contribution is -2.32. The van der Waals surface area contributed by atoms with Gasteiger partial charge in [-0.1, -0.05) is 36.4 Å². The molecular weight excluding hydrogens is 398 g/mol. The van der Waals surface area contributed by atoms with Crippen LogP contribution in [-0.2, 0) is 13.2 Å². The molecular formula is C24H21NO6. The monoisotopic (exact) mass is 419 g/mol. The van der Waals surface area contributed by atoms with Crippen molar-refractivity contribution < 1.29 is 18.6 Å². The first-order valence-electron chi connectivity index (χ1n) is 9.64. The summed E-state index contributed by atoms with van der Waals surface area (Å²) in [6.07, 6.45) is 0. The molecule has 0 atom stereocenters. The fourth-order valence-electron chi connectivity index (χ4n) is 3.25. The van der Waals surface area contributed by atoms with Crippen molar-refractivity contribution in [3.8, 4) is 17.2 Å². The summed E-state index contributed by atoms with van der Waals surface area (Å²) in [5, 5.41) is 0.301. The maximum absolute atomic E-state index is 12.8. The Morgan fingerprint density at radius 1 is 0.839 bits per heavy atom. The summed E-state index contributed by atoms with van der Waals surface area (Å²) in [7, 11) is 3.04. The lowest BCUT2D eigenvalue weighted by molar-refractivity contribution is 0.284. The summed E-state index contributed by atoms with van der Waals surface area (Å²) in [5.74, 6) is 0.842. The van der Waals surface area contributed by atoms with Crippen molar-refractivity contribution in [2.75, 3.05) is 14.2 Å². The van der Waals surface area contributed by atoms with Gasteiger partial charge in [-0.3, -0.25) is 4.79 Å². The van der Waals surface area contributed by atoms with Crippen LogP contribution < -0.4 is 25.5 Å². The largest absolute Gasteiger partial charge is 0.497 e. The first-order valence-corrected chi connectivity index (χ1v) is 9.64. The van der Waals surface area contributed by atoms with Gasteiger partial charge >= 0.3 is 5.76 Å². The number of ether oxygens (including phenoxy) is 3. The van der Waals surface area contributed by atoms with Crippen molar-refractivity contribution in [1.82, 2.24) is 4.57 Å². The Labute approximate surface area is 178 Å². The van der Waals surface area contributed by atoms with E-state index in [1.807, 2.05) is 30.3 Å². The maximum atomic E-state index is 12.8. The van der Waals surface area contributed by atoms with Crippen molar-refractivity contribution in [2.45, 2.75) is 13.2 Å². The number of hydrogen-bond acceptors (Lipinski definition) is 6. The third kappa shape index (κ3) is 4.30. The van der Waals surface area contributed by atoms with E-state index in [9.17, 15) is 9.59 Å². The summed E-state index contributed by atoms with van der Waals surface area (Å²) in [5.41, 5.74) is 1.49. The Bertz CT molecular complexity index is 1320. The highest BCUT2D eigenvalue weighted by Gasteiger charge is 2.13. The molecule has 0 unspecified atom stereocenters. The minimum absolute atomic E-state index is 0.0401. The molecule has 7 nitrogen and oxygen atoms in total. The Morgan fingerprint density at radius 2 is 1.65 bits per heavy atom. The van der Waals surface area contributed by atoms with E-state index in [0.29, 0.717) is 34.8 Å². The molecule has 0 amide bonds. The van der Waals surface area contributed by atoms with Crippen LogP contribution in [0.1, 0.15) is 11.1 Å². The second kappa shape index (κ2) is 8.79. The summed E-state index contributed by atoms with van der Waals surface area (Å²) >= 11 is 0. The fraction of sp³-hybridized carbons (Fsp3) is 0.167. The van der Waals surface area contributed by atoms with E-state index in [1.54, 1.807) is 37.4 Å². The van der Waals surface area contributed by atoms with Crippen molar-refractivity contribution in [3.63, 3.8) is 0 Å². The molecule has 0 spiro atoms. The Morgan fingerprint density at radius 3 is 2.39 bits per heavy atom. The number of nitrogens with zero attached hydrogens (tertiary/aromatic N) is 1. The van der Waals surface area contributed by atoms with E-state index in [-0.39, 0.29) is 12.1 Å². The third-order valence-corrected chi connectivity index (χ3v) is 4.89. The van der Waals surface area contributed by atoms with E-state index in [2.05, 4.69) is 0 Å². The molecule has 3 aromatic carbocycles. The lowest BCUT2D eigenvalue weighted by atomic mass is 10.2. The number of benzene rings is 3. The molecule has 0 aliphatic carbocycles. The van der Waals surface area contributed by atoms with Gasteiger partial charge in [-0.05, 0) is 35.4 Å². The Hall–Kier alpha value is -4.00. The first kappa shape index (κ1) is 20.3. The van der Waals surface area contributed by atoms with Crippen LogP contribution in [0.5, 0.6) is 17.2 Å². The van der Waals surface area contributed by atoms with Gasteiger partial charge in [0.25, 0.3) is 5.56 Å². The van der Waals surface area contributed by atoms with E-state index in [1.165, 1.54) is 13.2 Å². The summed E-state index contributed by atoms with van der Waals surface area (Å²) < 4.78 is 22.8. The van der Waals surface area contributed by atoms with Gasteiger partial charge in [0.2, 0.25) is 0 Å². The molecule has 0 radical (unpaired) electrons. The molecule has 0 fully saturated rings. The van der Waals surface area contributed by atoms with Gasteiger partial charge in [-0.15, -0.1) is 0 Å². The molecule has 31 heavy (non-hydrogen) atoms. The summed E-state index contributed by atoms with van der Waals surface area (Å²) in [4.78, 5) is 25.3. The normalized spacial score (nSPS) is 10.8. The minimum Gasteiger partial charge on any atom is -0.497 e. The van der Waals surface area contributed by atoms with Crippen LogP contribution in [0.4, 0.5) is 0 Å². The molecule has 0 aliphatic heterocycles. The maximum Gasteiger partial charge on any atom is 0.422 e. The van der Waals surface area contributed by atoms with Gasteiger partial charge in [-0.2, -0.15) is 0 Å². The quantitative estimate of drug-likeness (QED) is 0.455. The number of methoxy groups -OCH3 is 2. The molecule has 0 aliphatic rings. The highest BCUT2D eigenvalue weighted by Crippen LogP contribution is 2.29. The zero-order valence-electron chi connectivity index (χ0n) is 17.2. The highest BCUT2D eigenvalue weighted by molar-refractivity contribution is 5.76. The summed E-state index contributed by atoms with van der Waals surface area (Å²) in [6.45, 7) is 0.437. The van der Waals surface area contributed by atoms with Crippen LogP contribution in [0.15, 0.2) is 80.7 Å². The van der Waals surface area contributed by atoms with Gasteiger partial charge in [0, 0.05) is 6.07 Å². The number of rotatable bonds is 7. The molecule has 4 aromatic rings. The third-order valence-electron chi connectivity index (χ3n) is 4.89. The standard InChI is InChI=1S/C24H21NO6/c1-28-18-9-10-19-21(13-18)31-24(27)25(23(19)26)14-17-8-11-20(22(12-17)29-2)30-15-16-6-4-3-5-7-16/h3-13H,14-15H2,1-2H3. The van der Waals surface area contributed by atoms with E-state index in [4.69, 9.17) is 18.6 Å². The van der Waals surface area contributed by atoms with Gasteiger partial charge in [0.1, 0.15) is 17.9 Å². The average Bonchev–Trinajstić information content (AvgIpc) is 2.81. The highest BCUT2D eigenvalue weighted by atomic mass is 16.5. The van der Waals surface area contributed by atoms with Crippen molar-refractivity contribution >= 4 is 11.0 Å². The zero-order chi connectivity index (χ0) is 21.8. The number of hydrogen-bond donors (Lipinski definition) is 0. The number of aromatic nitrogens is 1. The SMILES string of the molecule is COc1ccc2c(=O)n(Cc3ccc(OCc4ccccc4)c(OC)c3)c(=O)oc2c1. The second-order valence-corrected chi connectivity index (χ2v) is 6.88. The first-order chi connectivity index (χ1) is 15.1. The van der Waals surface area contributed by atoms with Crippen molar-refractivity contribution in [1.29, 1.82) is 0 Å². The predicted molar refractivity (Wildman–Crippen MR) is 116 cm³/mol. The van der Waals surface area contributed by atoms with Crippen LogP contribution in [0, 0.1) is 0 Å². The Balaban J connectivity index is 1.61. The van der Waals surface area contributed by atoms with Gasteiger partial charge in [-0.25, -0.2) is 9.36 Å². The zero-order valence-corrected chi connectivity index (χ0v) is 17.2. The van der Waals surface area contributed by atoms with Crippen molar-refractivity contribution in [3.05, 3.63) is 98.8 Å². The molecule has 158 valence electrons. The van der Waals surface area contributed by atoms with E-state index < -0.39 is 11.3 Å². The molecule has 1 heterocycles. The van der Waals surface area contributed by atoms with Crippen LogP contribution in [0.2, 0.25) is 0 Å². The number of fused-ring (bicyclic) bond motifs is 1. The summed E-state index contributed by atoms with van der Waals surface area (Å²) in [6, 6.07) is 19.8. The van der Waals surface area contributed by atoms with Gasteiger partial charge in [0.05, 0.1) is 26.2 Å². The molecule has 0 saturated carbocycles. The molecule has 0 N–H and O–H groups in total. The van der Waals surface area contributed by atoms with E-state index in [0.717, 1.165) is 10.1 Å². The second-order valence-electron chi connectivity index (χ2n) is 6.88. The Kier molecular flexibility index (Phi) is 5.75. The van der Waals surface area contributed by atoms with Crippen LogP contribution in [0.3, 0.4) is 0 Å². The topological polar surface area (TPSA) is 79.9 Å². The molecule has 7 heteroatoms. The van der Waals surface area contributed by atoms with Gasteiger partial charge < -0.3 is 18.6 Å². The predicted octanol–water partition coefficient (Wildman–Crippen LogP) is 3.60. The molecule has 1 aromatic heterocycles. The smallest absolute Gasteiger partial charge is 0.422 e. The molecule has 0 saturated heterocycles. The van der Waals surface area contributed by atoms with Crippen LogP contribution in [-0.4, -0.2) is 18.8 Å². The molecule has 0 bridgehead atoms. The van der Waals surface area contributed by atoms with Gasteiger partial charge in [0.15, 0.2) is 11.5 Å². The minimum atomic E-state index is -0.742. The van der Waals surface area contributed by atoms with Crippen LogP contribution in [0.25, 0.3) is 11.0 Å². The lowest BCUT2D eigenvalue weighted by Gasteiger charge is -2.13. The van der Waals surface area contributed by atoms with E-state index >= 15 is 0 Å².